The predicted octanol–water partition coefficient (Wildman–Crippen LogP) is 4.34. The minimum atomic E-state index is -3.73. The van der Waals surface area contributed by atoms with Gasteiger partial charge in [-0.05, 0) is 66.9 Å². The van der Waals surface area contributed by atoms with E-state index in [2.05, 4.69) is 33.9 Å². The van der Waals surface area contributed by atoms with Crippen molar-refractivity contribution < 1.29 is 17.9 Å². The second-order valence-electron chi connectivity index (χ2n) is 9.16. The minimum Gasteiger partial charge on any atom is -0.484 e. The van der Waals surface area contributed by atoms with Crippen LogP contribution in [0.1, 0.15) is 16.7 Å². The van der Waals surface area contributed by atoms with Crippen LogP contribution < -0.4 is 9.46 Å². The highest BCUT2D eigenvalue weighted by molar-refractivity contribution is 7.92. The number of aryl methyl sites for hydroxylation is 2. The Bertz CT molecular complexity index is 1330. The second-order valence-corrected chi connectivity index (χ2v) is 10.8. The molecule has 0 atom stereocenters. The van der Waals surface area contributed by atoms with Crippen LogP contribution in [0.4, 0.5) is 5.69 Å². The normalized spacial score (nSPS) is 14.6. The molecule has 0 bridgehead atoms. The highest BCUT2D eigenvalue weighted by Gasteiger charge is 2.21. The van der Waals surface area contributed by atoms with Gasteiger partial charge in [-0.3, -0.25) is 14.4 Å². The van der Waals surface area contributed by atoms with E-state index in [1.54, 1.807) is 24.3 Å². The second kappa shape index (κ2) is 12.1. The van der Waals surface area contributed by atoms with Crippen LogP contribution in [0.15, 0.2) is 83.8 Å². The van der Waals surface area contributed by atoms with Crippen molar-refractivity contribution in [3.8, 4) is 5.75 Å². The molecule has 0 unspecified atom stereocenters. The molecule has 1 heterocycles. The first-order chi connectivity index (χ1) is 17.8. The van der Waals surface area contributed by atoms with Crippen molar-refractivity contribution in [3.63, 3.8) is 0 Å². The van der Waals surface area contributed by atoms with Gasteiger partial charge in [0.15, 0.2) is 6.61 Å². The number of hydrogen-bond acceptors (Lipinski definition) is 5. The number of nitrogens with one attached hydrogen (secondary N) is 1. The zero-order valence-corrected chi connectivity index (χ0v) is 22.1. The number of piperazine rings is 1. The lowest BCUT2D eigenvalue weighted by Crippen LogP contribution is -2.49. The monoisotopic (exact) mass is 519 g/mol. The molecule has 1 aliphatic heterocycles. The fourth-order valence-corrected chi connectivity index (χ4v) is 5.10. The van der Waals surface area contributed by atoms with E-state index in [0.29, 0.717) is 24.5 Å². The molecular formula is C29H33N3O4S. The summed E-state index contributed by atoms with van der Waals surface area (Å²) >= 11 is 0. The quantitative estimate of drug-likeness (QED) is 0.455. The van der Waals surface area contributed by atoms with E-state index in [1.165, 1.54) is 17.7 Å². The Hall–Kier alpha value is -3.62. The molecule has 7 nitrogen and oxygen atoms in total. The lowest BCUT2D eigenvalue weighted by molar-refractivity contribution is -0.135. The number of amides is 1. The highest BCUT2D eigenvalue weighted by atomic mass is 32.2. The third-order valence-corrected chi connectivity index (χ3v) is 7.85. The molecule has 1 N–H and O–H groups in total. The topological polar surface area (TPSA) is 78.9 Å². The van der Waals surface area contributed by atoms with Gasteiger partial charge in [-0.1, -0.05) is 48.6 Å². The molecule has 194 valence electrons. The molecule has 8 heteroatoms. The van der Waals surface area contributed by atoms with E-state index >= 15 is 0 Å². The summed E-state index contributed by atoms with van der Waals surface area (Å²) in [7, 11) is -3.73. The van der Waals surface area contributed by atoms with Crippen LogP contribution >= 0.6 is 0 Å². The summed E-state index contributed by atoms with van der Waals surface area (Å²) in [5.74, 6) is 0.371. The number of nitrogens with zero attached hydrogens (tertiary/aromatic N) is 2. The van der Waals surface area contributed by atoms with Crippen molar-refractivity contribution in [2.24, 2.45) is 0 Å². The Morgan fingerprint density at radius 1 is 0.919 bits per heavy atom. The van der Waals surface area contributed by atoms with Crippen LogP contribution in [0.5, 0.6) is 5.75 Å². The van der Waals surface area contributed by atoms with Crippen LogP contribution in [0, 0.1) is 13.8 Å². The third-order valence-electron chi connectivity index (χ3n) is 6.45. The molecule has 4 rings (SSSR count). The molecule has 3 aromatic rings. The summed E-state index contributed by atoms with van der Waals surface area (Å²) in [5.41, 5.74) is 3.80. The molecule has 1 aliphatic rings. The number of carbonyl (C=O) groups is 1. The van der Waals surface area contributed by atoms with Gasteiger partial charge in [-0.2, -0.15) is 0 Å². The molecule has 1 saturated heterocycles. The maximum absolute atomic E-state index is 12.7. The summed E-state index contributed by atoms with van der Waals surface area (Å²) in [6, 6.07) is 21.7. The van der Waals surface area contributed by atoms with Gasteiger partial charge in [0.05, 0.1) is 4.90 Å². The summed E-state index contributed by atoms with van der Waals surface area (Å²) in [4.78, 5) is 16.9. The summed E-state index contributed by atoms with van der Waals surface area (Å²) in [6.45, 7) is 7.61. The lowest BCUT2D eigenvalue weighted by atomic mass is 10.1. The van der Waals surface area contributed by atoms with Crippen LogP contribution in [0.25, 0.3) is 6.08 Å². The maximum atomic E-state index is 12.7. The van der Waals surface area contributed by atoms with Crippen molar-refractivity contribution >= 4 is 27.7 Å². The fourth-order valence-electron chi connectivity index (χ4n) is 4.05. The standard InChI is InChI=1S/C29H33N3O4S/c1-23-10-11-26(21-24(23)2)30-37(34,35)28-14-12-27(13-15-28)36-22-29(33)32-19-17-31(18-20-32)16-6-9-25-7-4-3-5-8-25/h3-15,21,30H,16-20,22H2,1-2H3/b9-6+. The molecule has 0 radical (unpaired) electrons. The molecular weight excluding hydrogens is 486 g/mol. The zero-order valence-electron chi connectivity index (χ0n) is 21.3. The van der Waals surface area contributed by atoms with Crippen LogP contribution in [-0.4, -0.2) is 63.5 Å². The van der Waals surface area contributed by atoms with Crippen molar-refractivity contribution in [3.05, 3.63) is 95.6 Å². The smallest absolute Gasteiger partial charge is 0.261 e. The predicted molar refractivity (Wildman–Crippen MR) is 147 cm³/mol. The van der Waals surface area contributed by atoms with E-state index in [4.69, 9.17) is 4.74 Å². The molecule has 37 heavy (non-hydrogen) atoms. The Labute approximate surface area is 219 Å². The first-order valence-corrected chi connectivity index (χ1v) is 13.8. The van der Waals surface area contributed by atoms with Gasteiger partial charge in [0.25, 0.3) is 15.9 Å². The average Bonchev–Trinajstić information content (AvgIpc) is 2.90. The molecule has 0 aromatic heterocycles. The number of hydrogen-bond donors (Lipinski definition) is 1. The third kappa shape index (κ3) is 7.44. The lowest BCUT2D eigenvalue weighted by Gasteiger charge is -2.34. The SMILES string of the molecule is Cc1ccc(NS(=O)(=O)c2ccc(OCC(=O)N3CCN(C/C=C/c4ccccc4)CC3)cc2)cc1C. The van der Waals surface area contributed by atoms with Crippen LogP contribution in [0.3, 0.4) is 0 Å². The van der Waals surface area contributed by atoms with Gasteiger partial charge in [-0.15, -0.1) is 0 Å². The minimum absolute atomic E-state index is 0.0763. The molecule has 0 spiro atoms. The van der Waals surface area contributed by atoms with E-state index in [0.717, 1.165) is 30.8 Å². The number of rotatable bonds is 9. The average molecular weight is 520 g/mol. The maximum Gasteiger partial charge on any atom is 0.261 e. The summed E-state index contributed by atoms with van der Waals surface area (Å²) in [5, 5.41) is 0. The van der Waals surface area contributed by atoms with Crippen LogP contribution in [0.2, 0.25) is 0 Å². The number of ether oxygens (including phenoxy) is 1. The van der Waals surface area contributed by atoms with Gasteiger partial charge in [0, 0.05) is 38.4 Å². The molecule has 1 amide bonds. The molecule has 1 fully saturated rings. The van der Waals surface area contributed by atoms with E-state index < -0.39 is 10.0 Å². The largest absolute Gasteiger partial charge is 0.484 e. The number of sulfonamides is 1. The Morgan fingerprint density at radius 3 is 2.30 bits per heavy atom. The number of carbonyl (C=O) groups excluding carboxylic acids is 1. The molecule has 3 aromatic carbocycles. The summed E-state index contributed by atoms with van der Waals surface area (Å²) < 4.78 is 33.7. The van der Waals surface area contributed by atoms with Crippen molar-refractivity contribution in [1.29, 1.82) is 0 Å². The van der Waals surface area contributed by atoms with Crippen molar-refractivity contribution in [2.45, 2.75) is 18.7 Å². The van der Waals surface area contributed by atoms with Gasteiger partial charge >= 0.3 is 0 Å². The van der Waals surface area contributed by atoms with E-state index in [-0.39, 0.29) is 17.4 Å². The Balaban J connectivity index is 1.22. The Morgan fingerprint density at radius 2 is 1.62 bits per heavy atom. The highest BCUT2D eigenvalue weighted by Crippen LogP contribution is 2.21. The van der Waals surface area contributed by atoms with Crippen molar-refractivity contribution in [1.82, 2.24) is 9.80 Å². The van der Waals surface area contributed by atoms with Crippen molar-refractivity contribution in [2.75, 3.05) is 44.1 Å². The first kappa shape index (κ1) is 26.4. The molecule has 0 aliphatic carbocycles. The van der Waals surface area contributed by atoms with Gasteiger partial charge in [0.2, 0.25) is 0 Å². The molecule has 0 saturated carbocycles. The van der Waals surface area contributed by atoms with E-state index in [9.17, 15) is 13.2 Å². The van der Waals surface area contributed by atoms with Crippen LogP contribution in [-0.2, 0) is 14.8 Å². The van der Waals surface area contributed by atoms with Gasteiger partial charge < -0.3 is 9.64 Å². The first-order valence-electron chi connectivity index (χ1n) is 12.3. The summed E-state index contributed by atoms with van der Waals surface area (Å²) in [6.07, 6.45) is 4.26. The van der Waals surface area contributed by atoms with Gasteiger partial charge in [-0.25, -0.2) is 8.42 Å². The number of benzene rings is 3. The fraction of sp³-hybridized carbons (Fsp3) is 0.276. The number of anilines is 1. The zero-order chi connectivity index (χ0) is 26.3. The Kier molecular flexibility index (Phi) is 8.63. The van der Waals surface area contributed by atoms with E-state index in [1.807, 2.05) is 43.0 Å². The van der Waals surface area contributed by atoms with Gasteiger partial charge in [0.1, 0.15) is 5.75 Å².